The van der Waals surface area contributed by atoms with E-state index in [4.69, 9.17) is 69.5 Å². The van der Waals surface area contributed by atoms with Gasteiger partial charge in [0.1, 0.15) is 24.2 Å². The SMILES string of the molecule is NCC(=O)O.NCCCC[C@H](N)C(=O)O.N[C@@H](CC(=O)O)C(=O)O.N[C@@H](CC(=O)O)C(=O)O.N[C@@H](CO)C(=O)O. The highest BCUT2D eigenvalue weighted by atomic mass is 16.4. The summed E-state index contributed by atoms with van der Waals surface area (Å²) < 4.78 is 0. The minimum absolute atomic E-state index is 0.278. The molecular formula is C19H40N6O15. The van der Waals surface area contributed by atoms with Crippen molar-refractivity contribution in [2.24, 2.45) is 34.4 Å². The van der Waals surface area contributed by atoms with Crippen LogP contribution < -0.4 is 34.4 Å². The van der Waals surface area contributed by atoms with Crippen molar-refractivity contribution in [2.75, 3.05) is 19.7 Å². The summed E-state index contributed by atoms with van der Waals surface area (Å²) in [5, 5.41) is 63.9. The van der Waals surface area contributed by atoms with Crippen LogP contribution in [0.5, 0.6) is 0 Å². The molecule has 0 amide bonds. The second kappa shape index (κ2) is 29.6. The lowest BCUT2D eigenvalue weighted by atomic mass is 10.1. The molecule has 0 unspecified atom stereocenters. The van der Waals surface area contributed by atoms with Crippen molar-refractivity contribution in [3.63, 3.8) is 0 Å². The molecule has 0 aliphatic heterocycles. The number of hydrogen-bond donors (Lipinski definition) is 14. The third kappa shape index (κ3) is 44.0. The second-order valence-electron chi connectivity index (χ2n) is 7.04. The van der Waals surface area contributed by atoms with Gasteiger partial charge in [0.2, 0.25) is 0 Å². The van der Waals surface area contributed by atoms with Crippen molar-refractivity contribution in [2.45, 2.75) is 56.3 Å². The van der Waals surface area contributed by atoms with Crippen LogP contribution in [0.15, 0.2) is 0 Å². The summed E-state index contributed by atoms with van der Waals surface area (Å²) >= 11 is 0. The van der Waals surface area contributed by atoms with Crippen molar-refractivity contribution in [3.8, 4) is 0 Å². The van der Waals surface area contributed by atoms with Crippen molar-refractivity contribution in [1.82, 2.24) is 0 Å². The van der Waals surface area contributed by atoms with E-state index < -0.39 is 85.4 Å². The lowest BCUT2D eigenvalue weighted by molar-refractivity contribution is -0.144. The Hall–Kier alpha value is -3.99. The van der Waals surface area contributed by atoms with Gasteiger partial charge in [-0.15, -0.1) is 0 Å². The predicted octanol–water partition coefficient (Wildman–Crippen LogP) is -5.31. The summed E-state index contributed by atoms with van der Waals surface area (Å²) in [6.45, 7) is -0.179. The van der Waals surface area contributed by atoms with Gasteiger partial charge in [0.15, 0.2) is 0 Å². The lowest BCUT2D eigenvalue weighted by Gasteiger charge is -2.03. The maximum atomic E-state index is 10.1. The number of aliphatic hydroxyl groups is 1. The van der Waals surface area contributed by atoms with Crippen molar-refractivity contribution < 1.29 is 74.4 Å². The Morgan fingerprint density at radius 3 is 0.925 bits per heavy atom. The normalized spacial score (nSPS) is 12.2. The largest absolute Gasteiger partial charge is 0.481 e. The highest BCUT2D eigenvalue weighted by molar-refractivity contribution is 5.80. The third-order valence-corrected chi connectivity index (χ3v) is 3.40. The Labute approximate surface area is 227 Å². The molecule has 0 aliphatic rings. The van der Waals surface area contributed by atoms with E-state index in [9.17, 15) is 33.6 Å². The second-order valence-corrected chi connectivity index (χ2v) is 7.04. The molecule has 40 heavy (non-hydrogen) atoms. The van der Waals surface area contributed by atoms with Gasteiger partial charge in [0.05, 0.1) is 26.0 Å². The van der Waals surface area contributed by atoms with Crippen LogP contribution in [0.3, 0.4) is 0 Å². The van der Waals surface area contributed by atoms with E-state index in [-0.39, 0.29) is 6.54 Å². The number of carboxylic acid groups (broad SMARTS) is 7. The van der Waals surface area contributed by atoms with Crippen LogP contribution >= 0.6 is 0 Å². The summed E-state index contributed by atoms with van der Waals surface area (Å²) in [4.78, 5) is 68.3. The maximum Gasteiger partial charge on any atom is 0.322 e. The molecule has 0 fully saturated rings. The lowest BCUT2D eigenvalue weighted by Crippen LogP contribution is -2.33. The first-order chi connectivity index (χ1) is 18.2. The molecule has 0 saturated carbocycles. The Kier molecular flexibility index (Phi) is 33.9. The number of carboxylic acids is 7. The zero-order valence-corrected chi connectivity index (χ0v) is 21.4. The Balaban J connectivity index is -0.000000130. The van der Waals surface area contributed by atoms with E-state index in [0.717, 1.165) is 12.8 Å². The molecule has 0 heterocycles. The number of aliphatic carboxylic acids is 7. The van der Waals surface area contributed by atoms with Gasteiger partial charge in [-0.05, 0) is 19.4 Å². The predicted molar refractivity (Wildman–Crippen MR) is 134 cm³/mol. The zero-order chi connectivity index (χ0) is 33.0. The molecule has 0 aliphatic carbocycles. The van der Waals surface area contributed by atoms with Gasteiger partial charge in [-0.1, -0.05) is 6.42 Å². The van der Waals surface area contributed by atoms with Gasteiger partial charge in [0.25, 0.3) is 0 Å². The fraction of sp³-hybridized carbons (Fsp3) is 0.632. The quantitative estimate of drug-likeness (QED) is 0.0836. The number of nitrogens with two attached hydrogens (primary N) is 6. The highest BCUT2D eigenvalue weighted by Gasteiger charge is 2.15. The van der Waals surface area contributed by atoms with Crippen LogP contribution in [0.1, 0.15) is 32.1 Å². The minimum Gasteiger partial charge on any atom is -0.481 e. The number of unbranched alkanes of at least 4 members (excludes halogenated alkanes) is 1. The van der Waals surface area contributed by atoms with Crippen molar-refractivity contribution >= 4 is 41.8 Å². The molecule has 21 heteroatoms. The fourth-order valence-electron chi connectivity index (χ4n) is 1.26. The van der Waals surface area contributed by atoms with E-state index in [0.29, 0.717) is 13.0 Å². The molecule has 236 valence electrons. The molecule has 0 spiro atoms. The molecule has 0 bridgehead atoms. The number of rotatable bonds is 14. The molecule has 0 aromatic rings. The molecule has 0 radical (unpaired) electrons. The van der Waals surface area contributed by atoms with E-state index in [1.54, 1.807) is 0 Å². The fourth-order valence-corrected chi connectivity index (χ4v) is 1.26. The van der Waals surface area contributed by atoms with E-state index in [1.165, 1.54) is 0 Å². The van der Waals surface area contributed by atoms with Gasteiger partial charge in [0, 0.05) is 0 Å². The van der Waals surface area contributed by atoms with Gasteiger partial charge in [-0.25, -0.2) is 0 Å². The number of carbonyl (C=O) groups is 7. The molecule has 0 aromatic carbocycles. The van der Waals surface area contributed by atoms with Gasteiger partial charge in [-0.3, -0.25) is 33.6 Å². The van der Waals surface area contributed by atoms with Crippen LogP contribution in [-0.2, 0) is 33.6 Å². The van der Waals surface area contributed by atoms with Gasteiger partial charge in [-0.2, -0.15) is 0 Å². The molecule has 4 atom stereocenters. The Morgan fingerprint density at radius 1 is 0.500 bits per heavy atom. The van der Waals surface area contributed by atoms with Crippen LogP contribution in [-0.4, -0.2) is 127 Å². The minimum atomic E-state index is -1.29. The van der Waals surface area contributed by atoms with Crippen molar-refractivity contribution in [3.05, 3.63) is 0 Å². The summed E-state index contributed by atoms with van der Waals surface area (Å²) in [5.41, 5.74) is 29.4. The summed E-state index contributed by atoms with van der Waals surface area (Å²) in [6.07, 6.45) is 1.10. The van der Waals surface area contributed by atoms with Gasteiger partial charge >= 0.3 is 41.8 Å². The smallest absolute Gasteiger partial charge is 0.322 e. The topological polar surface area (TPSA) is 437 Å². The first-order valence-corrected chi connectivity index (χ1v) is 10.8. The molecule has 0 rings (SSSR count). The maximum absolute atomic E-state index is 10.1. The monoisotopic (exact) mass is 592 g/mol. The van der Waals surface area contributed by atoms with Crippen LogP contribution in [0, 0.1) is 0 Å². The standard InChI is InChI=1S/C6H14N2O2.2C4H7NO4.C3H7NO3.C2H5NO2/c7-4-2-1-3-5(8)6(9)10;2*5-2(4(8)9)1-3(6)7;4-2(1-5)3(6)7;3-1-2(4)5/h5H,1-4,7-8H2,(H,9,10);2*2H,1,5H2,(H,6,7)(H,8,9);2,5H,1,4H2,(H,6,7);1,3H2,(H,4,5)/t5-;3*2-;/m0000./s1. The average Bonchev–Trinajstić information content (AvgIpc) is 2.84. The summed E-state index contributed by atoms with van der Waals surface area (Å²) in [6, 6.07) is -4.42. The summed E-state index contributed by atoms with van der Waals surface area (Å²) in [5.74, 6) is -8.07. The highest BCUT2D eigenvalue weighted by Crippen LogP contribution is 1.97. The first-order valence-electron chi connectivity index (χ1n) is 10.8. The zero-order valence-electron chi connectivity index (χ0n) is 21.4. The van der Waals surface area contributed by atoms with Crippen molar-refractivity contribution in [1.29, 1.82) is 0 Å². The Morgan fingerprint density at radius 2 is 0.800 bits per heavy atom. The molecular weight excluding hydrogens is 552 g/mol. The van der Waals surface area contributed by atoms with Crippen LogP contribution in [0.25, 0.3) is 0 Å². The molecule has 0 aromatic heterocycles. The molecule has 20 N–H and O–H groups in total. The van der Waals surface area contributed by atoms with Crippen LogP contribution in [0.4, 0.5) is 0 Å². The molecule has 21 nitrogen and oxygen atoms in total. The summed E-state index contributed by atoms with van der Waals surface area (Å²) in [7, 11) is 0. The number of hydrogen-bond acceptors (Lipinski definition) is 14. The van der Waals surface area contributed by atoms with E-state index >= 15 is 0 Å². The van der Waals surface area contributed by atoms with Gasteiger partial charge < -0.3 is 75.3 Å². The van der Waals surface area contributed by atoms with Crippen LogP contribution in [0.2, 0.25) is 0 Å². The average molecular weight is 593 g/mol. The molecule has 0 saturated heterocycles. The first kappa shape index (κ1) is 45.9. The Bertz CT molecular complexity index is 736. The third-order valence-electron chi connectivity index (χ3n) is 3.40. The number of aliphatic hydroxyl groups excluding tert-OH is 1. The van der Waals surface area contributed by atoms with E-state index in [1.807, 2.05) is 0 Å². The van der Waals surface area contributed by atoms with E-state index in [2.05, 4.69) is 5.73 Å².